The van der Waals surface area contributed by atoms with E-state index < -0.39 is 0 Å². The van der Waals surface area contributed by atoms with Crippen LogP contribution in [0.1, 0.15) is 29.3 Å². The van der Waals surface area contributed by atoms with Gasteiger partial charge in [0.25, 0.3) is 0 Å². The summed E-state index contributed by atoms with van der Waals surface area (Å²) in [6.45, 7) is 7.25. The molecule has 0 bridgehead atoms. The number of anilines is 1. The van der Waals surface area contributed by atoms with Gasteiger partial charge in [0.1, 0.15) is 0 Å². The van der Waals surface area contributed by atoms with Gasteiger partial charge in [0.15, 0.2) is 0 Å². The van der Waals surface area contributed by atoms with Crippen molar-refractivity contribution in [1.29, 1.82) is 0 Å². The maximum Gasteiger partial charge on any atom is 0.0671 e. The van der Waals surface area contributed by atoms with E-state index in [1.807, 2.05) is 11.7 Å². The zero-order valence-corrected chi connectivity index (χ0v) is 11.6. The lowest BCUT2D eigenvalue weighted by atomic mass is 10.1. The summed E-state index contributed by atoms with van der Waals surface area (Å²) in [6, 6.07) is 6.48. The van der Waals surface area contributed by atoms with Crippen LogP contribution in [-0.2, 0) is 20.0 Å². The number of benzene rings is 1. The first-order valence-electron chi connectivity index (χ1n) is 6.42. The first kappa shape index (κ1) is 12.7. The van der Waals surface area contributed by atoms with Crippen molar-refractivity contribution in [2.75, 3.05) is 5.32 Å². The van der Waals surface area contributed by atoms with Crippen LogP contribution in [0, 0.1) is 13.8 Å². The highest BCUT2D eigenvalue weighted by molar-refractivity contribution is 5.48. The standard InChI is InChI=1S/C15H21N3/c1-5-15-13(10-18(4)17-15)9-16-14-7-6-11(2)12(3)8-14/h6-8,10,16H,5,9H2,1-4H3. The summed E-state index contributed by atoms with van der Waals surface area (Å²) < 4.78 is 1.89. The Labute approximate surface area is 109 Å². The van der Waals surface area contributed by atoms with Crippen LogP contribution in [0.15, 0.2) is 24.4 Å². The Morgan fingerprint density at radius 2 is 2.00 bits per heavy atom. The van der Waals surface area contributed by atoms with E-state index in [0.717, 1.165) is 13.0 Å². The first-order chi connectivity index (χ1) is 8.60. The fraction of sp³-hybridized carbons (Fsp3) is 0.400. The van der Waals surface area contributed by atoms with E-state index in [0.29, 0.717) is 0 Å². The summed E-state index contributed by atoms with van der Waals surface area (Å²) in [5.74, 6) is 0. The molecule has 0 atom stereocenters. The highest BCUT2D eigenvalue weighted by Gasteiger charge is 2.05. The molecule has 0 spiro atoms. The van der Waals surface area contributed by atoms with Crippen molar-refractivity contribution in [3.63, 3.8) is 0 Å². The average molecular weight is 243 g/mol. The largest absolute Gasteiger partial charge is 0.381 e. The van der Waals surface area contributed by atoms with Crippen LogP contribution in [0.2, 0.25) is 0 Å². The molecule has 18 heavy (non-hydrogen) atoms. The molecule has 0 radical (unpaired) electrons. The Bertz CT molecular complexity index is 541. The second kappa shape index (κ2) is 5.25. The molecule has 2 rings (SSSR count). The van der Waals surface area contributed by atoms with E-state index in [9.17, 15) is 0 Å². The monoisotopic (exact) mass is 243 g/mol. The molecule has 0 fully saturated rings. The van der Waals surface area contributed by atoms with E-state index in [4.69, 9.17) is 0 Å². The highest BCUT2D eigenvalue weighted by Crippen LogP contribution is 2.16. The highest BCUT2D eigenvalue weighted by atomic mass is 15.3. The Morgan fingerprint density at radius 1 is 1.22 bits per heavy atom. The van der Waals surface area contributed by atoms with Crippen LogP contribution in [-0.4, -0.2) is 9.78 Å². The van der Waals surface area contributed by atoms with E-state index in [-0.39, 0.29) is 0 Å². The van der Waals surface area contributed by atoms with Crippen molar-refractivity contribution in [3.8, 4) is 0 Å². The Kier molecular flexibility index (Phi) is 3.70. The molecular formula is C15H21N3. The lowest BCUT2D eigenvalue weighted by molar-refractivity contribution is 0.746. The second-order valence-corrected chi connectivity index (χ2v) is 4.78. The van der Waals surface area contributed by atoms with Crippen LogP contribution in [0.5, 0.6) is 0 Å². The fourth-order valence-corrected chi connectivity index (χ4v) is 2.08. The first-order valence-corrected chi connectivity index (χ1v) is 6.42. The third-order valence-electron chi connectivity index (χ3n) is 3.32. The van der Waals surface area contributed by atoms with Crippen LogP contribution < -0.4 is 5.32 Å². The smallest absolute Gasteiger partial charge is 0.0671 e. The molecule has 0 saturated carbocycles. The van der Waals surface area contributed by atoms with Gasteiger partial charge in [-0.1, -0.05) is 13.0 Å². The zero-order chi connectivity index (χ0) is 13.1. The van der Waals surface area contributed by atoms with Crippen LogP contribution in [0.25, 0.3) is 0 Å². The average Bonchev–Trinajstić information content (AvgIpc) is 2.71. The van der Waals surface area contributed by atoms with E-state index in [2.05, 4.69) is 55.6 Å². The lowest BCUT2D eigenvalue weighted by Crippen LogP contribution is -2.01. The minimum Gasteiger partial charge on any atom is -0.381 e. The van der Waals surface area contributed by atoms with E-state index in [1.165, 1.54) is 28.1 Å². The SMILES string of the molecule is CCc1nn(C)cc1CNc1ccc(C)c(C)c1. The minimum atomic E-state index is 0.833. The van der Waals surface area contributed by atoms with E-state index in [1.54, 1.807) is 0 Å². The summed E-state index contributed by atoms with van der Waals surface area (Å²) in [7, 11) is 1.97. The molecule has 1 N–H and O–H groups in total. The van der Waals surface area contributed by atoms with Gasteiger partial charge >= 0.3 is 0 Å². The number of rotatable bonds is 4. The number of aromatic nitrogens is 2. The van der Waals surface area contributed by atoms with Crippen molar-refractivity contribution in [2.24, 2.45) is 7.05 Å². The van der Waals surface area contributed by atoms with Gasteiger partial charge in [-0.25, -0.2) is 0 Å². The summed E-state index contributed by atoms with van der Waals surface area (Å²) in [5, 5.41) is 7.91. The van der Waals surface area contributed by atoms with Gasteiger partial charge in [-0.2, -0.15) is 5.10 Å². The maximum absolute atomic E-state index is 4.45. The fourth-order valence-electron chi connectivity index (χ4n) is 2.08. The van der Waals surface area contributed by atoms with E-state index >= 15 is 0 Å². The number of hydrogen-bond acceptors (Lipinski definition) is 2. The quantitative estimate of drug-likeness (QED) is 0.893. The second-order valence-electron chi connectivity index (χ2n) is 4.78. The molecule has 0 amide bonds. The molecule has 2 aromatic rings. The lowest BCUT2D eigenvalue weighted by Gasteiger charge is -2.08. The molecule has 96 valence electrons. The van der Waals surface area contributed by atoms with Crippen molar-refractivity contribution in [2.45, 2.75) is 33.7 Å². The molecule has 3 nitrogen and oxygen atoms in total. The van der Waals surface area contributed by atoms with Gasteiger partial charge in [-0.05, 0) is 43.5 Å². The predicted octanol–water partition coefficient (Wildman–Crippen LogP) is 3.21. The van der Waals surface area contributed by atoms with Gasteiger partial charge in [-0.15, -0.1) is 0 Å². The summed E-state index contributed by atoms with van der Waals surface area (Å²) in [6.07, 6.45) is 3.07. The van der Waals surface area contributed by atoms with Gasteiger partial charge in [0.05, 0.1) is 5.69 Å². The molecule has 1 aromatic heterocycles. The summed E-state index contributed by atoms with van der Waals surface area (Å²) in [5.41, 5.74) is 6.27. The van der Waals surface area contributed by atoms with Gasteiger partial charge in [0.2, 0.25) is 0 Å². The van der Waals surface area contributed by atoms with Crippen LogP contribution >= 0.6 is 0 Å². The third kappa shape index (κ3) is 2.73. The number of hydrogen-bond donors (Lipinski definition) is 1. The van der Waals surface area contributed by atoms with Crippen molar-refractivity contribution < 1.29 is 0 Å². The summed E-state index contributed by atoms with van der Waals surface area (Å²) >= 11 is 0. The number of nitrogens with one attached hydrogen (secondary N) is 1. The summed E-state index contributed by atoms with van der Waals surface area (Å²) in [4.78, 5) is 0. The normalized spacial score (nSPS) is 10.7. The third-order valence-corrected chi connectivity index (χ3v) is 3.32. The van der Waals surface area contributed by atoms with Gasteiger partial charge in [0, 0.05) is 31.0 Å². The van der Waals surface area contributed by atoms with Gasteiger partial charge < -0.3 is 5.32 Å². The molecule has 1 aromatic carbocycles. The maximum atomic E-state index is 4.45. The topological polar surface area (TPSA) is 29.9 Å². The predicted molar refractivity (Wildman–Crippen MR) is 75.8 cm³/mol. The Hall–Kier alpha value is -1.77. The molecule has 1 heterocycles. The zero-order valence-electron chi connectivity index (χ0n) is 11.6. The Balaban J connectivity index is 2.08. The molecule has 0 unspecified atom stereocenters. The number of aryl methyl sites for hydroxylation is 4. The van der Waals surface area contributed by atoms with Gasteiger partial charge in [-0.3, -0.25) is 4.68 Å². The van der Waals surface area contributed by atoms with Crippen molar-refractivity contribution in [3.05, 3.63) is 46.8 Å². The van der Waals surface area contributed by atoms with Crippen molar-refractivity contribution in [1.82, 2.24) is 9.78 Å². The molecule has 3 heteroatoms. The molecule has 0 aliphatic rings. The minimum absolute atomic E-state index is 0.833. The van der Waals surface area contributed by atoms with Crippen LogP contribution in [0.3, 0.4) is 0 Å². The molecule has 0 aliphatic carbocycles. The number of nitrogens with zero attached hydrogens (tertiary/aromatic N) is 2. The van der Waals surface area contributed by atoms with Crippen LogP contribution in [0.4, 0.5) is 5.69 Å². The molecule has 0 aliphatic heterocycles. The molecule has 0 saturated heterocycles. The Morgan fingerprint density at radius 3 is 2.67 bits per heavy atom. The van der Waals surface area contributed by atoms with Crippen molar-refractivity contribution >= 4 is 5.69 Å². The molecular weight excluding hydrogens is 222 g/mol.